The fourth-order valence-electron chi connectivity index (χ4n) is 1.63. The molecule has 1 aromatic carbocycles. The van der Waals surface area contributed by atoms with Gasteiger partial charge >= 0.3 is 0 Å². The van der Waals surface area contributed by atoms with Crippen LogP contribution in [0.2, 0.25) is 0 Å². The highest BCUT2D eigenvalue weighted by atomic mass is 79.9. The van der Waals surface area contributed by atoms with Crippen molar-refractivity contribution < 1.29 is 14.3 Å². The summed E-state index contributed by atoms with van der Waals surface area (Å²) < 4.78 is 11.1. The first-order chi connectivity index (χ1) is 9.15. The van der Waals surface area contributed by atoms with Gasteiger partial charge in [0.15, 0.2) is 0 Å². The number of hydrogen-bond acceptors (Lipinski definition) is 4. The van der Waals surface area contributed by atoms with Gasteiger partial charge in [-0.15, -0.1) is 0 Å². The smallest absolute Gasteiger partial charge is 0.215 e. The Kier molecular flexibility index (Phi) is 4.16. The predicted octanol–water partition coefficient (Wildman–Crippen LogP) is 3.09. The number of hydrogen-bond donors (Lipinski definition) is 0. The molecular weight excluding hydrogens is 310 g/mol. The predicted molar refractivity (Wildman–Crippen MR) is 74.9 cm³/mol. The number of benzene rings is 1. The molecule has 19 heavy (non-hydrogen) atoms. The van der Waals surface area contributed by atoms with Gasteiger partial charge in [-0.3, -0.25) is 9.78 Å². The van der Waals surface area contributed by atoms with Gasteiger partial charge in [-0.05, 0) is 40.2 Å². The number of methoxy groups -OCH3 is 2. The minimum Gasteiger partial charge on any atom is -0.497 e. The number of halogens is 1. The number of carbonyl (C=O) groups is 1. The van der Waals surface area contributed by atoms with Crippen LogP contribution in [-0.4, -0.2) is 25.0 Å². The molecule has 0 atom stereocenters. The molecule has 0 radical (unpaired) electrons. The molecule has 0 fully saturated rings. The third-order valence-corrected chi connectivity index (χ3v) is 3.08. The molecule has 0 spiro atoms. The molecule has 2 aromatic rings. The van der Waals surface area contributed by atoms with E-state index in [4.69, 9.17) is 9.47 Å². The summed E-state index contributed by atoms with van der Waals surface area (Å²) in [5.74, 6) is 0.915. The quantitative estimate of drug-likeness (QED) is 0.812. The molecule has 0 bridgehead atoms. The zero-order valence-corrected chi connectivity index (χ0v) is 12.1. The Hall–Kier alpha value is -1.88. The summed E-state index contributed by atoms with van der Waals surface area (Å²) >= 11 is 3.28. The van der Waals surface area contributed by atoms with Crippen LogP contribution in [0.1, 0.15) is 16.1 Å². The lowest BCUT2D eigenvalue weighted by Crippen LogP contribution is -2.06. The molecule has 0 aliphatic heterocycles. The summed E-state index contributed by atoms with van der Waals surface area (Å²) in [4.78, 5) is 16.4. The number of rotatable bonds is 4. The zero-order chi connectivity index (χ0) is 13.8. The maximum absolute atomic E-state index is 12.3. The zero-order valence-electron chi connectivity index (χ0n) is 10.5. The lowest BCUT2D eigenvalue weighted by atomic mass is 10.1. The second kappa shape index (κ2) is 5.84. The van der Waals surface area contributed by atoms with Crippen LogP contribution in [0.25, 0.3) is 0 Å². The Labute approximate surface area is 119 Å². The van der Waals surface area contributed by atoms with E-state index in [0.29, 0.717) is 22.8 Å². The van der Waals surface area contributed by atoms with Crippen molar-refractivity contribution >= 4 is 21.7 Å². The molecule has 98 valence electrons. The Morgan fingerprint density at radius 1 is 1.16 bits per heavy atom. The van der Waals surface area contributed by atoms with Gasteiger partial charge in [0.25, 0.3) is 0 Å². The average molecular weight is 322 g/mol. The van der Waals surface area contributed by atoms with Crippen LogP contribution in [0.4, 0.5) is 0 Å². The fraction of sp³-hybridized carbons (Fsp3) is 0.143. The number of aromatic nitrogens is 1. The van der Waals surface area contributed by atoms with Crippen LogP contribution in [0.15, 0.2) is 41.0 Å². The molecule has 2 rings (SSSR count). The molecule has 1 aromatic heterocycles. The molecule has 5 heteroatoms. The van der Waals surface area contributed by atoms with E-state index in [2.05, 4.69) is 20.9 Å². The average Bonchev–Trinajstić information content (AvgIpc) is 2.46. The van der Waals surface area contributed by atoms with Crippen LogP contribution >= 0.6 is 15.9 Å². The van der Waals surface area contributed by atoms with Gasteiger partial charge < -0.3 is 9.47 Å². The van der Waals surface area contributed by atoms with Crippen LogP contribution in [0, 0.1) is 0 Å². The SMILES string of the molecule is COc1ccc(C(=O)c2ccc(Br)cn2)c(OC)c1. The monoisotopic (exact) mass is 321 g/mol. The Morgan fingerprint density at radius 3 is 2.53 bits per heavy atom. The van der Waals surface area contributed by atoms with E-state index in [1.54, 1.807) is 43.6 Å². The molecule has 0 saturated carbocycles. The summed E-state index contributed by atoms with van der Waals surface area (Å²) in [5, 5.41) is 0. The van der Waals surface area contributed by atoms with Gasteiger partial charge in [-0.25, -0.2) is 0 Å². The third-order valence-electron chi connectivity index (χ3n) is 2.61. The number of carbonyl (C=O) groups excluding carboxylic acids is 1. The van der Waals surface area contributed by atoms with Gasteiger partial charge in [0.1, 0.15) is 17.2 Å². The lowest BCUT2D eigenvalue weighted by Gasteiger charge is -2.09. The highest BCUT2D eigenvalue weighted by Crippen LogP contribution is 2.26. The van der Waals surface area contributed by atoms with Crippen molar-refractivity contribution in [2.24, 2.45) is 0 Å². The molecule has 0 N–H and O–H groups in total. The van der Waals surface area contributed by atoms with Gasteiger partial charge in [0.2, 0.25) is 5.78 Å². The van der Waals surface area contributed by atoms with Crippen molar-refractivity contribution in [2.45, 2.75) is 0 Å². The fourth-order valence-corrected chi connectivity index (χ4v) is 1.87. The first-order valence-corrected chi connectivity index (χ1v) is 6.33. The highest BCUT2D eigenvalue weighted by Gasteiger charge is 2.16. The first kappa shape index (κ1) is 13.5. The third kappa shape index (κ3) is 2.93. The van der Waals surface area contributed by atoms with E-state index >= 15 is 0 Å². The molecule has 4 nitrogen and oxygen atoms in total. The second-order valence-corrected chi connectivity index (χ2v) is 4.67. The molecule has 0 unspecified atom stereocenters. The van der Waals surface area contributed by atoms with Crippen molar-refractivity contribution in [1.82, 2.24) is 4.98 Å². The van der Waals surface area contributed by atoms with E-state index in [1.165, 1.54) is 7.11 Å². The van der Waals surface area contributed by atoms with Crippen LogP contribution in [0.5, 0.6) is 11.5 Å². The molecule has 0 saturated heterocycles. The van der Waals surface area contributed by atoms with E-state index in [-0.39, 0.29) is 5.78 Å². The largest absolute Gasteiger partial charge is 0.497 e. The van der Waals surface area contributed by atoms with Crippen LogP contribution < -0.4 is 9.47 Å². The van der Waals surface area contributed by atoms with Crippen molar-refractivity contribution in [3.8, 4) is 11.5 Å². The summed E-state index contributed by atoms with van der Waals surface area (Å²) in [6, 6.07) is 8.50. The molecule has 0 amide bonds. The van der Waals surface area contributed by atoms with Crippen molar-refractivity contribution in [1.29, 1.82) is 0 Å². The summed E-state index contributed by atoms with van der Waals surface area (Å²) in [5.41, 5.74) is 0.824. The topological polar surface area (TPSA) is 48.4 Å². The van der Waals surface area contributed by atoms with Crippen molar-refractivity contribution in [3.63, 3.8) is 0 Å². The van der Waals surface area contributed by atoms with Crippen LogP contribution in [0.3, 0.4) is 0 Å². The van der Waals surface area contributed by atoms with Crippen LogP contribution in [-0.2, 0) is 0 Å². The minimum absolute atomic E-state index is 0.188. The highest BCUT2D eigenvalue weighted by molar-refractivity contribution is 9.10. The molecule has 0 aliphatic carbocycles. The standard InChI is InChI=1S/C14H12BrNO3/c1-18-10-4-5-11(13(7-10)19-2)14(17)12-6-3-9(15)8-16-12/h3-8H,1-2H3. The van der Waals surface area contributed by atoms with Gasteiger partial charge in [-0.2, -0.15) is 0 Å². The van der Waals surface area contributed by atoms with Crippen molar-refractivity contribution in [2.75, 3.05) is 14.2 Å². The Balaban J connectivity index is 2.40. The normalized spacial score (nSPS) is 10.1. The molecular formula is C14H12BrNO3. The Bertz CT molecular complexity index is 596. The van der Waals surface area contributed by atoms with E-state index < -0.39 is 0 Å². The second-order valence-electron chi connectivity index (χ2n) is 3.76. The maximum atomic E-state index is 12.3. The van der Waals surface area contributed by atoms with E-state index in [9.17, 15) is 4.79 Å². The number of nitrogens with zero attached hydrogens (tertiary/aromatic N) is 1. The lowest BCUT2D eigenvalue weighted by molar-refractivity contribution is 0.103. The van der Waals surface area contributed by atoms with E-state index in [1.807, 2.05) is 0 Å². The van der Waals surface area contributed by atoms with Gasteiger partial charge in [0.05, 0.1) is 19.8 Å². The van der Waals surface area contributed by atoms with Gasteiger partial charge in [-0.1, -0.05) is 0 Å². The summed E-state index contributed by atoms with van der Waals surface area (Å²) in [7, 11) is 3.08. The maximum Gasteiger partial charge on any atom is 0.215 e. The van der Waals surface area contributed by atoms with Crippen molar-refractivity contribution in [3.05, 3.63) is 52.3 Å². The summed E-state index contributed by atoms with van der Waals surface area (Å²) in [6.07, 6.45) is 1.59. The Morgan fingerprint density at radius 2 is 1.95 bits per heavy atom. The minimum atomic E-state index is -0.188. The summed E-state index contributed by atoms with van der Waals surface area (Å²) in [6.45, 7) is 0. The number of pyridine rings is 1. The van der Waals surface area contributed by atoms with E-state index in [0.717, 1.165) is 4.47 Å². The first-order valence-electron chi connectivity index (χ1n) is 5.54. The molecule has 1 heterocycles. The number of ether oxygens (including phenoxy) is 2. The molecule has 0 aliphatic rings. The number of ketones is 1. The van der Waals surface area contributed by atoms with Gasteiger partial charge in [0, 0.05) is 16.7 Å².